The quantitative estimate of drug-likeness (QED) is 0.183. The highest BCUT2D eigenvalue weighted by molar-refractivity contribution is 5.77. The summed E-state index contributed by atoms with van der Waals surface area (Å²) in [6.07, 6.45) is 2.09. The van der Waals surface area contributed by atoms with Crippen LogP contribution >= 0.6 is 0 Å². The van der Waals surface area contributed by atoms with E-state index in [4.69, 9.17) is 9.47 Å². The van der Waals surface area contributed by atoms with Gasteiger partial charge in [0.15, 0.2) is 0 Å². The first kappa shape index (κ1) is 28.3. The molecule has 1 rings (SSSR count). The van der Waals surface area contributed by atoms with Gasteiger partial charge in [0.2, 0.25) is 5.91 Å². The molecule has 0 aromatic heterocycles. The highest BCUT2D eigenvalue weighted by Gasteiger charge is 2.42. The largest absolute Gasteiger partial charge is 0.449 e. The maximum Gasteiger partial charge on any atom is 0.407 e. The second-order valence-electron chi connectivity index (χ2n) is 9.88. The van der Waals surface area contributed by atoms with Gasteiger partial charge in [-0.25, -0.2) is 9.59 Å². The number of hydrogen-bond acceptors (Lipinski definition) is 7. The molecule has 3 N–H and O–H groups in total. The number of ether oxygens (including phenoxy) is 3. The Hall–Kier alpha value is -2.78. The molecule has 1 aliphatic carbocycles. The van der Waals surface area contributed by atoms with Crippen molar-refractivity contribution in [2.45, 2.75) is 66.3 Å². The highest BCUT2D eigenvalue weighted by Crippen LogP contribution is 2.45. The van der Waals surface area contributed by atoms with E-state index in [-0.39, 0.29) is 54.9 Å². The van der Waals surface area contributed by atoms with Crippen LogP contribution < -0.4 is 16.0 Å². The SMILES string of the molecule is C=COC(=O)CCOC(=O)NC1CC(C)(C)CC(C)(CNC(=O)OCCNC(=O)C(C)C)C1. The lowest BCUT2D eigenvalue weighted by molar-refractivity contribution is -0.138. The topological polar surface area (TPSA) is 132 Å². The summed E-state index contributed by atoms with van der Waals surface area (Å²) in [6, 6.07) is -0.143. The average molecular weight is 470 g/mol. The Morgan fingerprint density at radius 2 is 1.70 bits per heavy atom. The molecule has 2 unspecified atom stereocenters. The molecule has 0 aliphatic heterocycles. The first-order valence-electron chi connectivity index (χ1n) is 11.3. The van der Waals surface area contributed by atoms with E-state index in [2.05, 4.69) is 48.0 Å². The lowest BCUT2D eigenvalue weighted by Crippen LogP contribution is -2.50. The lowest BCUT2D eigenvalue weighted by atomic mass is 9.62. The summed E-state index contributed by atoms with van der Waals surface area (Å²) in [5.41, 5.74) is -0.330. The molecule has 3 amide bonds. The molecule has 10 heteroatoms. The number of amides is 3. The Kier molecular flexibility index (Phi) is 11.2. The minimum atomic E-state index is -0.595. The maximum atomic E-state index is 12.2. The fourth-order valence-electron chi connectivity index (χ4n) is 4.32. The van der Waals surface area contributed by atoms with Crippen LogP contribution in [0.25, 0.3) is 0 Å². The van der Waals surface area contributed by atoms with Gasteiger partial charge >= 0.3 is 18.2 Å². The zero-order valence-corrected chi connectivity index (χ0v) is 20.5. The zero-order valence-electron chi connectivity index (χ0n) is 20.5. The van der Waals surface area contributed by atoms with Crippen molar-refractivity contribution in [3.05, 3.63) is 12.8 Å². The zero-order chi connectivity index (χ0) is 25.1. The molecule has 188 valence electrons. The molecule has 1 aliphatic rings. The van der Waals surface area contributed by atoms with Crippen LogP contribution in [0.2, 0.25) is 0 Å². The molecule has 1 saturated carbocycles. The summed E-state index contributed by atoms with van der Waals surface area (Å²) in [6.45, 7) is 13.8. The summed E-state index contributed by atoms with van der Waals surface area (Å²) in [5, 5.41) is 8.35. The van der Waals surface area contributed by atoms with Crippen molar-refractivity contribution >= 4 is 24.1 Å². The second-order valence-corrected chi connectivity index (χ2v) is 9.88. The van der Waals surface area contributed by atoms with E-state index in [9.17, 15) is 19.2 Å². The van der Waals surface area contributed by atoms with Crippen molar-refractivity contribution in [2.24, 2.45) is 16.7 Å². The summed E-state index contributed by atoms with van der Waals surface area (Å²) in [4.78, 5) is 47.0. The van der Waals surface area contributed by atoms with Gasteiger partial charge in [-0.15, -0.1) is 0 Å². The van der Waals surface area contributed by atoms with Gasteiger partial charge in [0.1, 0.15) is 13.2 Å². The highest BCUT2D eigenvalue weighted by atomic mass is 16.6. The molecule has 0 heterocycles. The minimum Gasteiger partial charge on any atom is -0.449 e. The number of esters is 1. The Balaban J connectivity index is 2.46. The second kappa shape index (κ2) is 13.1. The Morgan fingerprint density at radius 3 is 2.33 bits per heavy atom. The first-order valence-corrected chi connectivity index (χ1v) is 11.3. The van der Waals surface area contributed by atoms with E-state index >= 15 is 0 Å². The molecule has 10 nitrogen and oxygen atoms in total. The third-order valence-electron chi connectivity index (χ3n) is 5.34. The molecule has 0 spiro atoms. The number of hydrogen-bond donors (Lipinski definition) is 3. The average Bonchev–Trinajstić information content (AvgIpc) is 2.68. The molecule has 0 radical (unpaired) electrons. The van der Waals surface area contributed by atoms with Crippen molar-refractivity contribution < 1.29 is 33.4 Å². The van der Waals surface area contributed by atoms with Gasteiger partial charge in [-0.1, -0.05) is 41.2 Å². The van der Waals surface area contributed by atoms with E-state index < -0.39 is 18.2 Å². The van der Waals surface area contributed by atoms with Gasteiger partial charge in [-0.2, -0.15) is 0 Å². The monoisotopic (exact) mass is 469 g/mol. The van der Waals surface area contributed by atoms with Gasteiger partial charge in [-0.05, 0) is 30.1 Å². The van der Waals surface area contributed by atoms with Crippen LogP contribution in [0.5, 0.6) is 0 Å². The van der Waals surface area contributed by atoms with E-state index in [1.807, 2.05) is 0 Å². The molecule has 0 saturated heterocycles. The lowest BCUT2D eigenvalue weighted by Gasteiger charge is -2.46. The fourth-order valence-corrected chi connectivity index (χ4v) is 4.32. The van der Waals surface area contributed by atoms with Crippen LogP contribution in [0.1, 0.15) is 60.3 Å². The molecule has 0 aromatic carbocycles. The van der Waals surface area contributed by atoms with E-state index in [1.165, 1.54) is 0 Å². The number of carbonyl (C=O) groups excluding carboxylic acids is 4. The summed E-state index contributed by atoms with van der Waals surface area (Å²) >= 11 is 0. The van der Waals surface area contributed by atoms with Gasteiger partial charge in [0.05, 0.1) is 19.2 Å². The smallest absolute Gasteiger partial charge is 0.407 e. The molecular formula is C23H39N3O7. The van der Waals surface area contributed by atoms with Crippen LogP contribution in [0.4, 0.5) is 9.59 Å². The maximum absolute atomic E-state index is 12.2. The van der Waals surface area contributed by atoms with Crippen molar-refractivity contribution in [2.75, 3.05) is 26.3 Å². The third-order valence-corrected chi connectivity index (χ3v) is 5.34. The fraction of sp³-hybridized carbons (Fsp3) is 0.739. The normalized spacial score (nSPS) is 21.5. The van der Waals surface area contributed by atoms with E-state index in [0.717, 1.165) is 19.1 Å². The summed E-state index contributed by atoms with van der Waals surface area (Å²) in [7, 11) is 0. The van der Waals surface area contributed by atoms with Crippen LogP contribution in [0.3, 0.4) is 0 Å². The molecule has 33 heavy (non-hydrogen) atoms. The Bertz CT molecular complexity index is 708. The molecular weight excluding hydrogens is 430 g/mol. The molecule has 1 fully saturated rings. The number of rotatable bonds is 11. The van der Waals surface area contributed by atoms with E-state index in [0.29, 0.717) is 13.0 Å². The first-order chi connectivity index (χ1) is 15.4. The Morgan fingerprint density at radius 1 is 1.03 bits per heavy atom. The van der Waals surface area contributed by atoms with Crippen LogP contribution in [-0.2, 0) is 23.8 Å². The predicted molar refractivity (Wildman–Crippen MR) is 122 cm³/mol. The predicted octanol–water partition coefficient (Wildman–Crippen LogP) is 2.87. The van der Waals surface area contributed by atoms with Crippen LogP contribution in [-0.4, -0.2) is 56.4 Å². The third kappa shape index (κ3) is 11.6. The van der Waals surface area contributed by atoms with Crippen molar-refractivity contribution in [1.82, 2.24) is 16.0 Å². The van der Waals surface area contributed by atoms with Crippen molar-refractivity contribution in [3.8, 4) is 0 Å². The van der Waals surface area contributed by atoms with Gasteiger partial charge in [-0.3, -0.25) is 9.59 Å². The number of alkyl carbamates (subject to hydrolysis) is 2. The van der Waals surface area contributed by atoms with Crippen molar-refractivity contribution in [1.29, 1.82) is 0 Å². The van der Waals surface area contributed by atoms with Crippen molar-refractivity contribution in [3.63, 3.8) is 0 Å². The molecule has 2 atom stereocenters. The summed E-state index contributed by atoms with van der Waals surface area (Å²) < 4.78 is 14.8. The van der Waals surface area contributed by atoms with Gasteiger partial charge < -0.3 is 30.2 Å². The minimum absolute atomic E-state index is 0.0551. The standard InChI is InChI=1S/C23H39N3O7/c1-7-31-18(27)8-10-32-21(30)26-17-12-22(4,5)14-23(6,13-17)15-25-20(29)33-11-9-24-19(28)16(2)3/h7,16-17H,1,8-15H2,2-6H3,(H,24,28)(H,25,29)(H,26,30). The van der Waals surface area contributed by atoms with Gasteiger partial charge in [0.25, 0.3) is 0 Å². The van der Waals surface area contributed by atoms with Gasteiger partial charge in [0, 0.05) is 18.5 Å². The number of carbonyl (C=O) groups is 4. The number of nitrogens with one attached hydrogen (secondary N) is 3. The van der Waals surface area contributed by atoms with E-state index in [1.54, 1.807) is 13.8 Å². The van der Waals surface area contributed by atoms with Crippen LogP contribution in [0, 0.1) is 16.7 Å². The summed E-state index contributed by atoms with van der Waals surface area (Å²) in [5.74, 6) is -0.741. The van der Waals surface area contributed by atoms with Crippen LogP contribution in [0.15, 0.2) is 12.8 Å². The Labute approximate surface area is 196 Å². The molecule has 0 aromatic rings. The molecule has 0 bridgehead atoms.